The predicted molar refractivity (Wildman–Crippen MR) is 96.6 cm³/mol. The number of esters is 1. The Morgan fingerprint density at radius 1 is 0.889 bits per heavy atom. The highest BCUT2D eigenvalue weighted by molar-refractivity contribution is 5.95. The van der Waals surface area contributed by atoms with Crippen LogP contribution in [0.3, 0.4) is 0 Å². The van der Waals surface area contributed by atoms with E-state index >= 15 is 0 Å². The van der Waals surface area contributed by atoms with Gasteiger partial charge in [0.25, 0.3) is 5.91 Å². The molecule has 0 bridgehead atoms. The minimum atomic E-state index is -1.03. The van der Waals surface area contributed by atoms with E-state index in [0.717, 1.165) is 0 Å². The zero-order chi connectivity index (χ0) is 19.8. The van der Waals surface area contributed by atoms with Gasteiger partial charge >= 0.3 is 5.97 Å². The Kier molecular flexibility index (Phi) is 6.51. The van der Waals surface area contributed by atoms with Gasteiger partial charge in [0, 0.05) is 5.69 Å². The van der Waals surface area contributed by atoms with Crippen molar-refractivity contribution in [1.82, 2.24) is 0 Å². The van der Waals surface area contributed by atoms with Crippen LogP contribution in [0.15, 0.2) is 48.5 Å². The molecule has 2 aromatic rings. The van der Waals surface area contributed by atoms with Gasteiger partial charge in [-0.15, -0.1) is 0 Å². The van der Waals surface area contributed by atoms with Crippen molar-refractivity contribution in [2.75, 3.05) is 5.32 Å². The molecule has 7 nitrogen and oxygen atoms in total. The van der Waals surface area contributed by atoms with Gasteiger partial charge in [-0.05, 0) is 62.4 Å². The number of carbonyl (C=O) groups is 2. The molecule has 0 radical (unpaired) electrons. The van der Waals surface area contributed by atoms with Crippen LogP contribution in [0, 0.1) is 22.7 Å². The van der Waals surface area contributed by atoms with Gasteiger partial charge < -0.3 is 14.8 Å². The molecule has 0 heterocycles. The molecule has 0 saturated carbocycles. The van der Waals surface area contributed by atoms with Crippen LogP contribution in [-0.2, 0) is 14.3 Å². The Bertz CT molecular complexity index is 893. The number of hydrogen-bond acceptors (Lipinski definition) is 6. The summed E-state index contributed by atoms with van der Waals surface area (Å²) in [6.45, 7) is 2.96. The molecule has 1 amide bonds. The van der Waals surface area contributed by atoms with Crippen LogP contribution in [-0.4, -0.2) is 24.1 Å². The molecule has 0 aliphatic rings. The summed E-state index contributed by atoms with van der Waals surface area (Å²) in [5, 5.41) is 20.1. The first-order chi connectivity index (χ1) is 12.9. The number of amides is 1. The molecule has 2 rings (SSSR count). The summed E-state index contributed by atoms with van der Waals surface area (Å²) in [6.07, 6.45) is -1.96. The Morgan fingerprint density at radius 3 is 1.93 bits per heavy atom. The number of anilines is 1. The quantitative estimate of drug-likeness (QED) is 0.790. The fourth-order valence-electron chi connectivity index (χ4n) is 2.06. The van der Waals surface area contributed by atoms with Gasteiger partial charge in [-0.3, -0.25) is 4.79 Å². The van der Waals surface area contributed by atoms with Crippen LogP contribution in [0.1, 0.15) is 25.0 Å². The average molecular weight is 363 g/mol. The summed E-state index contributed by atoms with van der Waals surface area (Å²) in [7, 11) is 0. The molecule has 27 heavy (non-hydrogen) atoms. The van der Waals surface area contributed by atoms with Crippen LogP contribution in [0.5, 0.6) is 5.75 Å². The number of nitrogens with zero attached hydrogens (tertiary/aromatic N) is 2. The summed E-state index contributed by atoms with van der Waals surface area (Å²) < 4.78 is 10.6. The standard InChI is InChI=1S/C20H17N3O4/c1-13(19(24)23-17-7-3-15(11-21)4-8-17)27-20(25)14(2)26-18-9-5-16(12-22)6-10-18/h3-10,13-14H,1-2H3,(H,23,24)/t13-,14+/m1/s1. The fraction of sp³-hybridized carbons (Fsp3) is 0.200. The van der Waals surface area contributed by atoms with E-state index in [9.17, 15) is 9.59 Å². The molecule has 1 N–H and O–H groups in total. The van der Waals surface area contributed by atoms with Gasteiger partial charge in [-0.1, -0.05) is 0 Å². The summed E-state index contributed by atoms with van der Waals surface area (Å²) in [5.41, 5.74) is 1.44. The first-order valence-electron chi connectivity index (χ1n) is 8.11. The lowest BCUT2D eigenvalue weighted by atomic mass is 10.2. The Morgan fingerprint density at radius 2 is 1.41 bits per heavy atom. The maximum atomic E-state index is 12.1. The lowest BCUT2D eigenvalue weighted by Crippen LogP contribution is -2.35. The highest BCUT2D eigenvalue weighted by Gasteiger charge is 2.23. The number of ether oxygens (including phenoxy) is 2. The molecule has 0 aliphatic heterocycles. The fourth-order valence-corrected chi connectivity index (χ4v) is 2.06. The maximum Gasteiger partial charge on any atom is 0.347 e. The predicted octanol–water partition coefficient (Wildman–Crippen LogP) is 2.77. The van der Waals surface area contributed by atoms with Crippen molar-refractivity contribution < 1.29 is 19.1 Å². The van der Waals surface area contributed by atoms with E-state index < -0.39 is 24.1 Å². The second-order valence-electron chi connectivity index (χ2n) is 5.65. The number of rotatable bonds is 6. The second kappa shape index (κ2) is 9.02. The van der Waals surface area contributed by atoms with Gasteiger partial charge in [-0.25, -0.2) is 4.79 Å². The molecular weight excluding hydrogens is 346 g/mol. The molecule has 0 aliphatic carbocycles. The Hall–Kier alpha value is -3.84. The van der Waals surface area contributed by atoms with Crippen LogP contribution in [0.2, 0.25) is 0 Å². The zero-order valence-corrected chi connectivity index (χ0v) is 14.8. The van der Waals surface area contributed by atoms with Crippen molar-refractivity contribution in [1.29, 1.82) is 10.5 Å². The topological polar surface area (TPSA) is 112 Å². The van der Waals surface area contributed by atoms with E-state index in [-0.39, 0.29) is 0 Å². The molecule has 0 aromatic heterocycles. The lowest BCUT2D eigenvalue weighted by molar-refractivity contribution is -0.159. The Labute approximate surface area is 156 Å². The van der Waals surface area contributed by atoms with Crippen molar-refractivity contribution in [3.63, 3.8) is 0 Å². The van der Waals surface area contributed by atoms with Crippen LogP contribution in [0.4, 0.5) is 5.69 Å². The molecule has 0 spiro atoms. The number of nitrogens with one attached hydrogen (secondary N) is 1. The lowest BCUT2D eigenvalue weighted by Gasteiger charge is -2.18. The molecule has 2 aromatic carbocycles. The van der Waals surface area contributed by atoms with Crippen molar-refractivity contribution in [3.8, 4) is 17.9 Å². The van der Waals surface area contributed by atoms with Crippen LogP contribution >= 0.6 is 0 Å². The number of nitriles is 2. The molecule has 0 unspecified atom stereocenters. The molecule has 2 atom stereocenters. The molecule has 0 saturated heterocycles. The first-order valence-corrected chi connectivity index (χ1v) is 8.11. The third-order valence-corrected chi connectivity index (χ3v) is 3.57. The summed E-state index contributed by atoms with van der Waals surface area (Å²) >= 11 is 0. The van der Waals surface area contributed by atoms with Crippen LogP contribution < -0.4 is 10.1 Å². The van der Waals surface area contributed by atoms with Crippen molar-refractivity contribution in [2.45, 2.75) is 26.1 Å². The summed E-state index contributed by atoms with van der Waals surface area (Å²) in [6, 6.07) is 16.6. The van der Waals surface area contributed by atoms with Gasteiger partial charge in [0.1, 0.15) is 5.75 Å². The van der Waals surface area contributed by atoms with E-state index in [1.807, 2.05) is 12.1 Å². The highest BCUT2D eigenvalue weighted by atomic mass is 16.6. The third kappa shape index (κ3) is 5.58. The molecule has 0 fully saturated rings. The minimum Gasteiger partial charge on any atom is -0.479 e. The smallest absolute Gasteiger partial charge is 0.347 e. The summed E-state index contributed by atoms with van der Waals surface area (Å²) in [4.78, 5) is 24.2. The first kappa shape index (κ1) is 19.5. The third-order valence-electron chi connectivity index (χ3n) is 3.57. The zero-order valence-electron chi connectivity index (χ0n) is 14.8. The second-order valence-corrected chi connectivity index (χ2v) is 5.65. The van der Waals surface area contributed by atoms with Crippen molar-refractivity contribution >= 4 is 17.6 Å². The normalized spacial score (nSPS) is 12.0. The van der Waals surface area contributed by atoms with Crippen LogP contribution in [0.25, 0.3) is 0 Å². The average Bonchev–Trinajstić information content (AvgIpc) is 2.68. The molecular formula is C20H17N3O4. The highest BCUT2D eigenvalue weighted by Crippen LogP contribution is 2.15. The van der Waals surface area contributed by atoms with Gasteiger partial charge in [-0.2, -0.15) is 10.5 Å². The number of carbonyl (C=O) groups excluding carboxylic acids is 2. The van der Waals surface area contributed by atoms with E-state index in [0.29, 0.717) is 22.6 Å². The van der Waals surface area contributed by atoms with E-state index in [1.54, 1.807) is 48.5 Å². The molecule has 7 heteroatoms. The molecule has 136 valence electrons. The SMILES string of the molecule is C[C@H](Oc1ccc(C#N)cc1)C(=O)O[C@H](C)C(=O)Nc1ccc(C#N)cc1. The van der Waals surface area contributed by atoms with Crippen molar-refractivity contribution in [3.05, 3.63) is 59.7 Å². The summed E-state index contributed by atoms with van der Waals surface area (Å²) in [5.74, 6) is -0.784. The van der Waals surface area contributed by atoms with E-state index in [4.69, 9.17) is 20.0 Å². The number of benzene rings is 2. The van der Waals surface area contributed by atoms with E-state index in [1.165, 1.54) is 13.8 Å². The van der Waals surface area contributed by atoms with Crippen molar-refractivity contribution in [2.24, 2.45) is 0 Å². The minimum absolute atomic E-state index is 0.410. The number of hydrogen-bond donors (Lipinski definition) is 1. The monoisotopic (exact) mass is 363 g/mol. The largest absolute Gasteiger partial charge is 0.479 e. The maximum absolute atomic E-state index is 12.1. The van der Waals surface area contributed by atoms with Gasteiger partial charge in [0.15, 0.2) is 12.2 Å². The van der Waals surface area contributed by atoms with Gasteiger partial charge in [0.2, 0.25) is 0 Å². The van der Waals surface area contributed by atoms with Gasteiger partial charge in [0.05, 0.1) is 23.3 Å². The Balaban J connectivity index is 1.87. The van der Waals surface area contributed by atoms with E-state index in [2.05, 4.69) is 5.32 Å².